The molecule has 0 atom stereocenters. The summed E-state index contributed by atoms with van der Waals surface area (Å²) < 4.78 is 0. The van der Waals surface area contributed by atoms with E-state index >= 15 is 0 Å². The van der Waals surface area contributed by atoms with Gasteiger partial charge in [0.2, 0.25) is 6.41 Å². The average Bonchev–Trinajstić information content (AvgIpc) is 3.04. The minimum absolute atomic E-state index is 0.526. The van der Waals surface area contributed by atoms with Crippen molar-refractivity contribution >= 4 is 22.9 Å². The summed E-state index contributed by atoms with van der Waals surface area (Å²) in [6.45, 7) is 0. The summed E-state index contributed by atoms with van der Waals surface area (Å²) >= 11 is 1.34. The first-order valence-corrected chi connectivity index (χ1v) is 7.30. The number of nitriles is 1. The number of rotatable bonds is 4. The molecule has 0 saturated carbocycles. The zero-order valence-corrected chi connectivity index (χ0v) is 12.2. The average molecular weight is 306 g/mol. The monoisotopic (exact) mass is 306 g/mol. The SMILES string of the molecule is N#Cc1cc(-c2ccncc2)cc(-c2csc(NC=O)n2)c1. The molecular formula is C16H10N4OS. The molecule has 0 radical (unpaired) electrons. The van der Waals surface area contributed by atoms with Crippen LogP contribution in [0.25, 0.3) is 22.4 Å². The lowest BCUT2D eigenvalue weighted by molar-refractivity contribution is -0.105. The van der Waals surface area contributed by atoms with E-state index in [1.54, 1.807) is 18.5 Å². The summed E-state index contributed by atoms with van der Waals surface area (Å²) in [5.74, 6) is 0. The van der Waals surface area contributed by atoms with E-state index in [-0.39, 0.29) is 0 Å². The Morgan fingerprint density at radius 2 is 1.91 bits per heavy atom. The number of aromatic nitrogens is 2. The van der Waals surface area contributed by atoms with Crippen LogP contribution < -0.4 is 5.32 Å². The predicted molar refractivity (Wildman–Crippen MR) is 85.2 cm³/mol. The molecule has 0 bridgehead atoms. The highest BCUT2D eigenvalue weighted by Crippen LogP contribution is 2.30. The topological polar surface area (TPSA) is 78.7 Å². The quantitative estimate of drug-likeness (QED) is 0.750. The van der Waals surface area contributed by atoms with Crippen LogP contribution in [0, 0.1) is 11.3 Å². The number of amides is 1. The summed E-state index contributed by atoms with van der Waals surface area (Å²) in [4.78, 5) is 18.8. The second-order valence-electron chi connectivity index (χ2n) is 4.45. The molecule has 3 aromatic rings. The summed E-state index contributed by atoms with van der Waals surface area (Å²) in [7, 11) is 0. The van der Waals surface area contributed by atoms with Crippen molar-refractivity contribution in [1.82, 2.24) is 9.97 Å². The van der Waals surface area contributed by atoms with Crippen molar-refractivity contribution in [3.05, 3.63) is 53.7 Å². The highest BCUT2D eigenvalue weighted by atomic mass is 32.1. The molecule has 3 rings (SSSR count). The fourth-order valence-corrected chi connectivity index (χ4v) is 2.75. The highest BCUT2D eigenvalue weighted by molar-refractivity contribution is 7.14. The molecule has 106 valence electrons. The first-order valence-electron chi connectivity index (χ1n) is 6.42. The van der Waals surface area contributed by atoms with Gasteiger partial charge in [0.1, 0.15) is 0 Å². The van der Waals surface area contributed by atoms with Crippen molar-refractivity contribution in [2.24, 2.45) is 0 Å². The van der Waals surface area contributed by atoms with E-state index in [0.717, 1.165) is 22.4 Å². The molecule has 0 aliphatic carbocycles. The molecule has 0 fully saturated rings. The number of benzene rings is 1. The van der Waals surface area contributed by atoms with E-state index in [1.165, 1.54) is 11.3 Å². The maximum Gasteiger partial charge on any atom is 0.213 e. The van der Waals surface area contributed by atoms with Crippen LogP contribution >= 0.6 is 11.3 Å². The van der Waals surface area contributed by atoms with Crippen LogP contribution in [0.3, 0.4) is 0 Å². The van der Waals surface area contributed by atoms with Gasteiger partial charge < -0.3 is 5.32 Å². The van der Waals surface area contributed by atoms with Gasteiger partial charge in [-0.15, -0.1) is 11.3 Å². The van der Waals surface area contributed by atoms with Crippen molar-refractivity contribution in [2.45, 2.75) is 0 Å². The van der Waals surface area contributed by atoms with Gasteiger partial charge in [-0.3, -0.25) is 9.78 Å². The van der Waals surface area contributed by atoms with Crippen molar-refractivity contribution in [3.63, 3.8) is 0 Å². The molecule has 2 heterocycles. The van der Waals surface area contributed by atoms with E-state index in [1.807, 2.05) is 29.6 Å². The molecule has 6 heteroatoms. The third-order valence-electron chi connectivity index (χ3n) is 3.06. The summed E-state index contributed by atoms with van der Waals surface area (Å²) in [5.41, 5.74) is 4.02. The van der Waals surface area contributed by atoms with Gasteiger partial charge in [0.25, 0.3) is 0 Å². The summed E-state index contributed by atoms with van der Waals surface area (Å²) in [5, 5.41) is 14.1. The number of pyridine rings is 1. The van der Waals surface area contributed by atoms with Gasteiger partial charge in [-0.2, -0.15) is 5.26 Å². The molecular weight excluding hydrogens is 296 g/mol. The summed E-state index contributed by atoms with van der Waals surface area (Å²) in [6.07, 6.45) is 4.02. The van der Waals surface area contributed by atoms with E-state index in [4.69, 9.17) is 0 Å². The van der Waals surface area contributed by atoms with Crippen molar-refractivity contribution in [3.8, 4) is 28.5 Å². The first-order chi connectivity index (χ1) is 10.8. The van der Waals surface area contributed by atoms with Crippen molar-refractivity contribution < 1.29 is 4.79 Å². The summed E-state index contributed by atoms with van der Waals surface area (Å²) in [6, 6.07) is 11.5. The van der Waals surface area contributed by atoms with Gasteiger partial charge in [-0.1, -0.05) is 0 Å². The van der Waals surface area contributed by atoms with E-state index in [2.05, 4.69) is 21.4 Å². The fourth-order valence-electron chi connectivity index (χ4n) is 2.07. The Balaban J connectivity index is 2.08. The first kappa shape index (κ1) is 13.9. The van der Waals surface area contributed by atoms with Crippen LogP contribution in [0.4, 0.5) is 5.13 Å². The molecule has 2 aromatic heterocycles. The van der Waals surface area contributed by atoms with Gasteiger partial charge in [-0.25, -0.2) is 4.98 Å². The number of hydrogen-bond acceptors (Lipinski definition) is 5. The predicted octanol–water partition coefficient (Wildman–Crippen LogP) is 3.31. The Labute approximate surface area is 130 Å². The van der Waals surface area contributed by atoms with E-state index in [0.29, 0.717) is 17.1 Å². The molecule has 1 N–H and O–H groups in total. The number of thiazole rings is 1. The minimum Gasteiger partial charge on any atom is -0.305 e. The number of carbonyl (C=O) groups excluding carboxylic acids is 1. The van der Waals surface area contributed by atoms with Crippen molar-refractivity contribution in [1.29, 1.82) is 5.26 Å². The van der Waals surface area contributed by atoms with Crippen molar-refractivity contribution in [2.75, 3.05) is 5.32 Å². The molecule has 0 aliphatic heterocycles. The fraction of sp³-hybridized carbons (Fsp3) is 0. The van der Waals surface area contributed by atoms with Crippen LogP contribution in [0.1, 0.15) is 5.56 Å². The van der Waals surface area contributed by atoms with Crippen LogP contribution in [0.2, 0.25) is 0 Å². The lowest BCUT2D eigenvalue weighted by Crippen LogP contribution is -1.92. The molecule has 0 aliphatic rings. The maximum atomic E-state index is 10.5. The van der Waals surface area contributed by atoms with Gasteiger partial charge in [0.05, 0.1) is 17.3 Å². The number of carbonyl (C=O) groups is 1. The smallest absolute Gasteiger partial charge is 0.213 e. The number of nitrogens with zero attached hydrogens (tertiary/aromatic N) is 3. The van der Waals surface area contributed by atoms with Gasteiger partial charge in [0.15, 0.2) is 5.13 Å². The molecule has 0 spiro atoms. The van der Waals surface area contributed by atoms with Gasteiger partial charge in [-0.05, 0) is 41.5 Å². The molecule has 0 unspecified atom stereocenters. The third-order valence-corrected chi connectivity index (χ3v) is 3.83. The second-order valence-corrected chi connectivity index (χ2v) is 5.30. The van der Waals surface area contributed by atoms with Crippen LogP contribution in [0.15, 0.2) is 48.1 Å². The van der Waals surface area contributed by atoms with E-state index in [9.17, 15) is 10.1 Å². The molecule has 1 amide bonds. The minimum atomic E-state index is 0.526. The van der Waals surface area contributed by atoms with Crippen LogP contribution in [-0.4, -0.2) is 16.4 Å². The lowest BCUT2D eigenvalue weighted by Gasteiger charge is -2.05. The molecule has 5 nitrogen and oxygen atoms in total. The maximum absolute atomic E-state index is 10.5. The van der Waals surface area contributed by atoms with Gasteiger partial charge >= 0.3 is 0 Å². The molecule has 22 heavy (non-hydrogen) atoms. The Hall–Kier alpha value is -3.04. The zero-order valence-electron chi connectivity index (χ0n) is 11.4. The number of nitrogens with one attached hydrogen (secondary N) is 1. The zero-order chi connectivity index (χ0) is 15.4. The molecule has 1 aromatic carbocycles. The van der Waals surface area contributed by atoms with Gasteiger partial charge in [0, 0.05) is 23.3 Å². The second kappa shape index (κ2) is 6.16. The lowest BCUT2D eigenvalue weighted by atomic mass is 10.00. The Kier molecular flexibility index (Phi) is 3.90. The largest absolute Gasteiger partial charge is 0.305 e. The van der Waals surface area contributed by atoms with Crippen LogP contribution in [0.5, 0.6) is 0 Å². The third kappa shape index (κ3) is 2.85. The Morgan fingerprint density at radius 1 is 1.14 bits per heavy atom. The van der Waals surface area contributed by atoms with E-state index < -0.39 is 0 Å². The standard InChI is InChI=1S/C16H10N4OS/c17-8-11-5-13(12-1-3-18-4-2-12)7-14(6-11)15-9-22-16(20-15)19-10-21/h1-7,9-10H,(H,19,20,21). The Bertz CT molecular complexity index is 852. The Morgan fingerprint density at radius 3 is 2.64 bits per heavy atom. The number of anilines is 1. The normalized spacial score (nSPS) is 9.95. The highest BCUT2D eigenvalue weighted by Gasteiger charge is 2.08. The number of hydrogen-bond donors (Lipinski definition) is 1. The van der Waals surface area contributed by atoms with Crippen LogP contribution in [-0.2, 0) is 4.79 Å². The molecule has 0 saturated heterocycles.